The average Bonchev–Trinajstić information content (AvgIpc) is 2.03. The minimum Gasteiger partial charge on any atom is -0.463 e. The number of rotatable bonds is 5. The highest BCUT2D eigenvalue weighted by molar-refractivity contribution is 5.83. The molecule has 4 heteroatoms. The molecule has 0 unspecified atom stereocenters. The topological polar surface area (TPSA) is 52.6 Å². The van der Waals surface area contributed by atoms with Gasteiger partial charge in [-0.3, -0.25) is 4.79 Å². The molecule has 0 saturated carbocycles. The Morgan fingerprint density at radius 2 is 1.93 bits per heavy atom. The molecule has 4 nitrogen and oxygen atoms in total. The fourth-order valence-corrected chi connectivity index (χ4v) is 0.814. The van der Waals surface area contributed by atoms with Crippen LogP contribution >= 0.6 is 0 Å². The predicted octanol–water partition coefficient (Wildman–Crippen LogP) is 1.80. The lowest BCUT2D eigenvalue weighted by atomic mass is 10.3. The van der Waals surface area contributed by atoms with Crippen molar-refractivity contribution < 1.29 is 19.1 Å². The molecule has 0 aliphatic rings. The Labute approximate surface area is 83.9 Å². The van der Waals surface area contributed by atoms with Gasteiger partial charge in [0.2, 0.25) is 0 Å². The number of hydrogen-bond acceptors (Lipinski definition) is 4. The molecule has 0 spiro atoms. The SMILES string of the molecule is CCCC(=O)O/C(C)=C\C(=O)OCC. The van der Waals surface area contributed by atoms with E-state index < -0.39 is 5.97 Å². The second kappa shape index (κ2) is 7.12. The maximum Gasteiger partial charge on any atom is 0.334 e. The molecule has 0 atom stereocenters. The lowest BCUT2D eigenvalue weighted by molar-refractivity contribution is -0.140. The van der Waals surface area contributed by atoms with E-state index in [1.807, 2.05) is 6.92 Å². The Balaban J connectivity index is 3.99. The fourth-order valence-electron chi connectivity index (χ4n) is 0.814. The van der Waals surface area contributed by atoms with Crippen LogP contribution in [0.15, 0.2) is 11.8 Å². The number of esters is 2. The summed E-state index contributed by atoms with van der Waals surface area (Å²) in [5.41, 5.74) is 0. The minimum absolute atomic E-state index is 0.266. The van der Waals surface area contributed by atoms with Crippen molar-refractivity contribution in [2.24, 2.45) is 0 Å². The van der Waals surface area contributed by atoms with Crippen molar-refractivity contribution in [1.29, 1.82) is 0 Å². The first kappa shape index (κ1) is 12.7. The van der Waals surface area contributed by atoms with E-state index in [9.17, 15) is 9.59 Å². The Morgan fingerprint density at radius 3 is 2.43 bits per heavy atom. The maximum atomic E-state index is 11.0. The Bertz CT molecular complexity index is 230. The van der Waals surface area contributed by atoms with Crippen LogP contribution in [0, 0.1) is 0 Å². The summed E-state index contributed by atoms with van der Waals surface area (Å²) in [6, 6.07) is 0. The molecule has 80 valence electrons. The van der Waals surface area contributed by atoms with Crippen molar-refractivity contribution in [2.75, 3.05) is 6.61 Å². The molecule has 0 aromatic rings. The summed E-state index contributed by atoms with van der Waals surface area (Å²) in [5.74, 6) is -0.554. The highest BCUT2D eigenvalue weighted by Crippen LogP contribution is 2.00. The van der Waals surface area contributed by atoms with Gasteiger partial charge < -0.3 is 9.47 Å². The smallest absolute Gasteiger partial charge is 0.334 e. The van der Waals surface area contributed by atoms with Gasteiger partial charge in [-0.05, 0) is 20.3 Å². The third-order valence-electron chi connectivity index (χ3n) is 1.34. The summed E-state index contributed by atoms with van der Waals surface area (Å²) in [5, 5.41) is 0. The molecule has 0 heterocycles. The molecule has 0 bridgehead atoms. The standard InChI is InChI=1S/C10H16O4/c1-4-6-9(11)14-8(3)7-10(12)13-5-2/h7H,4-6H2,1-3H3/b8-7-. The normalized spacial score (nSPS) is 10.9. The molecule has 0 amide bonds. The van der Waals surface area contributed by atoms with E-state index in [1.54, 1.807) is 13.8 Å². The van der Waals surface area contributed by atoms with Crippen molar-refractivity contribution in [3.05, 3.63) is 11.8 Å². The quantitative estimate of drug-likeness (QED) is 0.386. The molecule has 0 aliphatic heterocycles. The molecule has 0 rings (SSSR count). The Morgan fingerprint density at radius 1 is 1.29 bits per heavy atom. The first-order valence-electron chi connectivity index (χ1n) is 4.65. The van der Waals surface area contributed by atoms with Crippen LogP contribution in [0.1, 0.15) is 33.6 Å². The zero-order valence-corrected chi connectivity index (χ0v) is 8.83. The Kier molecular flexibility index (Phi) is 6.45. The summed E-state index contributed by atoms with van der Waals surface area (Å²) in [4.78, 5) is 21.9. The van der Waals surface area contributed by atoms with Crippen LogP contribution in [0.3, 0.4) is 0 Å². The summed E-state index contributed by atoms with van der Waals surface area (Å²) < 4.78 is 9.48. The van der Waals surface area contributed by atoms with Gasteiger partial charge in [-0.25, -0.2) is 4.79 Å². The fraction of sp³-hybridized carbons (Fsp3) is 0.600. The molecule has 0 aromatic carbocycles. The molecule has 14 heavy (non-hydrogen) atoms. The first-order valence-corrected chi connectivity index (χ1v) is 4.65. The number of ether oxygens (including phenoxy) is 2. The number of carbonyl (C=O) groups is 2. The lowest BCUT2D eigenvalue weighted by Crippen LogP contribution is -2.05. The van der Waals surface area contributed by atoms with Crippen LogP contribution in [0.5, 0.6) is 0 Å². The third kappa shape index (κ3) is 6.22. The van der Waals surface area contributed by atoms with Crippen LogP contribution < -0.4 is 0 Å². The second-order valence-corrected chi connectivity index (χ2v) is 2.73. The minimum atomic E-state index is -0.491. The summed E-state index contributed by atoms with van der Waals surface area (Å²) in [6.45, 7) is 5.45. The second-order valence-electron chi connectivity index (χ2n) is 2.73. The van der Waals surface area contributed by atoms with Crippen molar-refractivity contribution >= 4 is 11.9 Å². The highest BCUT2D eigenvalue weighted by Gasteiger charge is 2.04. The molecule has 0 fully saturated rings. The number of allylic oxidation sites excluding steroid dienone is 1. The van der Waals surface area contributed by atoms with E-state index in [1.165, 1.54) is 0 Å². The van der Waals surface area contributed by atoms with E-state index in [0.717, 1.165) is 12.5 Å². The Hall–Kier alpha value is -1.32. The van der Waals surface area contributed by atoms with Gasteiger partial charge in [0.1, 0.15) is 5.76 Å². The van der Waals surface area contributed by atoms with E-state index in [0.29, 0.717) is 13.0 Å². The monoisotopic (exact) mass is 200 g/mol. The maximum absolute atomic E-state index is 11.0. The van der Waals surface area contributed by atoms with Gasteiger partial charge >= 0.3 is 11.9 Å². The molecule has 0 saturated heterocycles. The zero-order valence-electron chi connectivity index (χ0n) is 8.83. The zero-order chi connectivity index (χ0) is 11.0. The van der Waals surface area contributed by atoms with E-state index >= 15 is 0 Å². The largest absolute Gasteiger partial charge is 0.463 e. The number of carbonyl (C=O) groups excluding carboxylic acids is 2. The summed E-state index contributed by atoms with van der Waals surface area (Å²) >= 11 is 0. The molecule has 0 aromatic heterocycles. The first-order chi connectivity index (χ1) is 6.60. The van der Waals surface area contributed by atoms with Gasteiger partial charge in [-0.15, -0.1) is 0 Å². The van der Waals surface area contributed by atoms with Crippen molar-refractivity contribution in [3.63, 3.8) is 0 Å². The van der Waals surface area contributed by atoms with Crippen LogP contribution in [-0.2, 0) is 19.1 Å². The van der Waals surface area contributed by atoms with Gasteiger partial charge in [0.25, 0.3) is 0 Å². The van der Waals surface area contributed by atoms with Gasteiger partial charge in [-0.2, -0.15) is 0 Å². The van der Waals surface area contributed by atoms with Crippen molar-refractivity contribution in [2.45, 2.75) is 33.6 Å². The number of hydrogen-bond donors (Lipinski definition) is 0. The van der Waals surface area contributed by atoms with Crippen LogP contribution in [0.4, 0.5) is 0 Å². The highest BCUT2D eigenvalue weighted by atomic mass is 16.5. The van der Waals surface area contributed by atoms with Gasteiger partial charge in [0.05, 0.1) is 12.7 Å². The third-order valence-corrected chi connectivity index (χ3v) is 1.34. The van der Waals surface area contributed by atoms with Gasteiger partial charge in [0, 0.05) is 6.42 Å². The molecule has 0 N–H and O–H groups in total. The van der Waals surface area contributed by atoms with Crippen molar-refractivity contribution in [1.82, 2.24) is 0 Å². The average molecular weight is 200 g/mol. The van der Waals surface area contributed by atoms with Gasteiger partial charge in [0.15, 0.2) is 0 Å². The van der Waals surface area contributed by atoms with Crippen LogP contribution in [-0.4, -0.2) is 18.5 Å². The molecule has 0 radical (unpaired) electrons. The lowest BCUT2D eigenvalue weighted by Gasteiger charge is -2.02. The van der Waals surface area contributed by atoms with Crippen molar-refractivity contribution in [3.8, 4) is 0 Å². The molecular weight excluding hydrogens is 184 g/mol. The van der Waals surface area contributed by atoms with Crippen LogP contribution in [0.25, 0.3) is 0 Å². The summed E-state index contributed by atoms with van der Waals surface area (Å²) in [6.07, 6.45) is 2.25. The molecular formula is C10H16O4. The summed E-state index contributed by atoms with van der Waals surface area (Å²) in [7, 11) is 0. The van der Waals surface area contributed by atoms with Crippen LogP contribution in [0.2, 0.25) is 0 Å². The molecule has 0 aliphatic carbocycles. The van der Waals surface area contributed by atoms with E-state index in [-0.39, 0.29) is 11.7 Å². The van der Waals surface area contributed by atoms with E-state index in [2.05, 4.69) is 4.74 Å². The van der Waals surface area contributed by atoms with Gasteiger partial charge in [-0.1, -0.05) is 6.92 Å². The predicted molar refractivity (Wildman–Crippen MR) is 51.4 cm³/mol. The van der Waals surface area contributed by atoms with E-state index in [4.69, 9.17) is 4.74 Å².